The van der Waals surface area contributed by atoms with E-state index in [1.807, 2.05) is 6.07 Å². The van der Waals surface area contributed by atoms with E-state index in [1.54, 1.807) is 19.2 Å². The van der Waals surface area contributed by atoms with Crippen molar-refractivity contribution in [3.05, 3.63) is 32.7 Å². The third-order valence-electron chi connectivity index (χ3n) is 1.68. The van der Waals surface area contributed by atoms with Gasteiger partial charge in [0.25, 0.3) is 5.91 Å². The van der Waals surface area contributed by atoms with Crippen LogP contribution in [0, 0.1) is 0 Å². The zero-order valence-corrected chi connectivity index (χ0v) is 11.8. The minimum atomic E-state index is -0.293. The fourth-order valence-corrected chi connectivity index (χ4v) is 2.28. The van der Waals surface area contributed by atoms with Crippen LogP contribution in [0.1, 0.15) is 10.4 Å². The van der Waals surface area contributed by atoms with Gasteiger partial charge >= 0.3 is 0 Å². The van der Waals surface area contributed by atoms with E-state index in [2.05, 4.69) is 37.3 Å². The topological polar surface area (TPSA) is 47.6 Å². The molecule has 16 heavy (non-hydrogen) atoms. The Kier molecular flexibility index (Phi) is 5.97. The van der Waals surface area contributed by atoms with E-state index in [9.17, 15) is 4.79 Å². The molecule has 0 radical (unpaired) electrons. The van der Waals surface area contributed by atoms with Crippen molar-refractivity contribution in [3.63, 3.8) is 0 Å². The highest BCUT2D eigenvalue weighted by Crippen LogP contribution is 2.19. The molecule has 0 fully saturated rings. The molecule has 1 rings (SSSR count). The Hall–Kier alpha value is -0.430. The zero-order chi connectivity index (χ0) is 12.0. The van der Waals surface area contributed by atoms with Crippen LogP contribution in [0.4, 0.5) is 0 Å². The maximum Gasteiger partial charge on any atom is 0.274 e. The van der Waals surface area contributed by atoms with Crippen LogP contribution in [0.15, 0.2) is 27.1 Å². The Morgan fingerprint density at radius 3 is 2.44 bits per heavy atom. The summed E-state index contributed by atoms with van der Waals surface area (Å²) in [4.78, 5) is 16.5. The predicted molar refractivity (Wildman–Crippen MR) is 67.1 cm³/mol. The molecule has 1 N–H and O–H groups in total. The van der Waals surface area contributed by atoms with Crippen molar-refractivity contribution in [2.45, 2.75) is 0 Å². The van der Waals surface area contributed by atoms with Crippen molar-refractivity contribution in [1.82, 2.24) is 5.48 Å². The van der Waals surface area contributed by atoms with Gasteiger partial charge in [-0.05, 0) is 18.2 Å². The lowest BCUT2D eigenvalue weighted by Gasteiger charge is -2.06. The number of hydrogen-bond acceptors (Lipinski definition) is 3. The van der Waals surface area contributed by atoms with Crippen LogP contribution < -0.4 is 5.48 Å². The summed E-state index contributed by atoms with van der Waals surface area (Å²) in [7, 11) is 1.57. The third kappa shape index (κ3) is 4.61. The van der Waals surface area contributed by atoms with E-state index in [1.165, 1.54) is 0 Å². The first-order valence-electron chi connectivity index (χ1n) is 4.50. The Morgan fingerprint density at radius 2 is 1.88 bits per heavy atom. The van der Waals surface area contributed by atoms with Crippen molar-refractivity contribution in [2.24, 2.45) is 0 Å². The molecule has 0 atom stereocenters. The van der Waals surface area contributed by atoms with Crippen molar-refractivity contribution in [3.8, 4) is 0 Å². The van der Waals surface area contributed by atoms with E-state index in [0.717, 1.165) is 8.95 Å². The molecular weight excluding hydrogens is 342 g/mol. The van der Waals surface area contributed by atoms with E-state index < -0.39 is 0 Å². The molecule has 6 heteroatoms. The van der Waals surface area contributed by atoms with Crippen LogP contribution in [0.2, 0.25) is 0 Å². The molecule has 1 aromatic rings. The molecule has 0 spiro atoms. The Bertz CT molecular complexity index is 351. The number of nitrogens with one attached hydrogen (secondary N) is 1. The van der Waals surface area contributed by atoms with Crippen LogP contribution >= 0.6 is 31.9 Å². The Morgan fingerprint density at radius 1 is 1.25 bits per heavy atom. The van der Waals surface area contributed by atoms with Crippen LogP contribution in [0.5, 0.6) is 0 Å². The van der Waals surface area contributed by atoms with Crippen molar-refractivity contribution >= 4 is 37.8 Å². The predicted octanol–water partition coefficient (Wildman–Crippen LogP) is 2.52. The molecule has 0 heterocycles. The van der Waals surface area contributed by atoms with Gasteiger partial charge in [0, 0.05) is 21.6 Å². The number of hydrogen-bond donors (Lipinski definition) is 1. The van der Waals surface area contributed by atoms with Gasteiger partial charge in [-0.15, -0.1) is 0 Å². The van der Waals surface area contributed by atoms with Gasteiger partial charge in [0.05, 0.1) is 13.2 Å². The first kappa shape index (κ1) is 13.6. The average molecular weight is 353 g/mol. The SMILES string of the molecule is COCCONC(=O)c1cc(Br)cc(Br)c1. The standard InChI is InChI=1S/C10H11Br2NO3/c1-15-2-3-16-13-10(14)7-4-8(11)6-9(12)5-7/h4-6H,2-3H2,1H3,(H,13,14). The number of ether oxygens (including phenoxy) is 1. The second kappa shape index (κ2) is 7.01. The molecule has 0 aliphatic rings. The lowest BCUT2D eigenvalue weighted by atomic mass is 10.2. The molecule has 0 saturated carbocycles. The highest BCUT2D eigenvalue weighted by molar-refractivity contribution is 9.11. The number of carbonyl (C=O) groups is 1. The lowest BCUT2D eigenvalue weighted by molar-refractivity contribution is 0.00888. The summed E-state index contributed by atoms with van der Waals surface area (Å²) in [6.45, 7) is 0.750. The van der Waals surface area contributed by atoms with Gasteiger partial charge in [-0.3, -0.25) is 9.63 Å². The lowest BCUT2D eigenvalue weighted by Crippen LogP contribution is -2.25. The van der Waals surface area contributed by atoms with Gasteiger partial charge < -0.3 is 4.74 Å². The molecule has 4 nitrogen and oxygen atoms in total. The van der Waals surface area contributed by atoms with E-state index in [-0.39, 0.29) is 5.91 Å². The molecular formula is C10H11Br2NO3. The summed E-state index contributed by atoms with van der Waals surface area (Å²) in [5.74, 6) is -0.293. The first-order chi connectivity index (χ1) is 7.63. The molecule has 88 valence electrons. The van der Waals surface area contributed by atoms with Gasteiger partial charge in [-0.2, -0.15) is 0 Å². The van der Waals surface area contributed by atoms with Gasteiger partial charge in [-0.25, -0.2) is 5.48 Å². The molecule has 0 bridgehead atoms. The normalized spacial score (nSPS) is 10.2. The zero-order valence-electron chi connectivity index (χ0n) is 8.63. The number of amides is 1. The van der Waals surface area contributed by atoms with Crippen molar-refractivity contribution in [2.75, 3.05) is 20.3 Å². The van der Waals surface area contributed by atoms with Crippen molar-refractivity contribution < 1.29 is 14.4 Å². The molecule has 1 amide bonds. The Labute approximate surface area is 111 Å². The first-order valence-corrected chi connectivity index (χ1v) is 6.09. The second-order valence-corrected chi connectivity index (χ2v) is 4.76. The summed E-state index contributed by atoms with van der Waals surface area (Å²) >= 11 is 6.61. The van der Waals surface area contributed by atoms with Gasteiger partial charge in [-0.1, -0.05) is 31.9 Å². The number of rotatable bonds is 5. The quantitative estimate of drug-likeness (QED) is 0.654. The summed E-state index contributed by atoms with van der Waals surface area (Å²) in [6, 6.07) is 5.27. The second-order valence-electron chi connectivity index (χ2n) is 2.93. The highest BCUT2D eigenvalue weighted by Gasteiger charge is 2.07. The summed E-state index contributed by atoms with van der Waals surface area (Å²) in [6.07, 6.45) is 0. The number of hydroxylamine groups is 1. The number of carbonyl (C=O) groups excluding carboxylic acids is 1. The number of benzene rings is 1. The fourth-order valence-electron chi connectivity index (χ4n) is 0.985. The van der Waals surface area contributed by atoms with E-state index in [0.29, 0.717) is 18.8 Å². The molecule has 0 aliphatic heterocycles. The number of halogens is 2. The van der Waals surface area contributed by atoms with Crippen LogP contribution in [-0.4, -0.2) is 26.2 Å². The molecule has 0 saturated heterocycles. The molecule has 0 unspecified atom stereocenters. The number of methoxy groups -OCH3 is 1. The fraction of sp³-hybridized carbons (Fsp3) is 0.300. The minimum absolute atomic E-state index is 0.293. The van der Waals surface area contributed by atoms with E-state index in [4.69, 9.17) is 9.57 Å². The summed E-state index contributed by atoms with van der Waals surface area (Å²) in [5.41, 5.74) is 2.84. The molecule has 0 aromatic heterocycles. The maximum atomic E-state index is 11.6. The van der Waals surface area contributed by atoms with Crippen LogP contribution in [-0.2, 0) is 9.57 Å². The van der Waals surface area contributed by atoms with Crippen LogP contribution in [0.25, 0.3) is 0 Å². The van der Waals surface area contributed by atoms with E-state index >= 15 is 0 Å². The van der Waals surface area contributed by atoms with Gasteiger partial charge in [0.2, 0.25) is 0 Å². The average Bonchev–Trinajstić information content (AvgIpc) is 2.22. The Balaban J connectivity index is 2.52. The smallest absolute Gasteiger partial charge is 0.274 e. The molecule has 0 aliphatic carbocycles. The molecule has 1 aromatic carbocycles. The summed E-state index contributed by atoms with van der Waals surface area (Å²) < 4.78 is 6.42. The third-order valence-corrected chi connectivity index (χ3v) is 2.59. The largest absolute Gasteiger partial charge is 0.382 e. The highest BCUT2D eigenvalue weighted by atomic mass is 79.9. The summed E-state index contributed by atoms with van der Waals surface area (Å²) in [5, 5.41) is 0. The maximum absolute atomic E-state index is 11.6. The van der Waals surface area contributed by atoms with Gasteiger partial charge in [0.15, 0.2) is 0 Å². The van der Waals surface area contributed by atoms with Gasteiger partial charge in [0.1, 0.15) is 0 Å². The van der Waals surface area contributed by atoms with Crippen LogP contribution in [0.3, 0.4) is 0 Å². The monoisotopic (exact) mass is 351 g/mol. The van der Waals surface area contributed by atoms with Crippen molar-refractivity contribution in [1.29, 1.82) is 0 Å². The minimum Gasteiger partial charge on any atom is -0.382 e.